The van der Waals surface area contributed by atoms with Gasteiger partial charge in [-0.05, 0) is 73.9 Å². The van der Waals surface area contributed by atoms with Crippen molar-refractivity contribution in [3.8, 4) is 0 Å². The second kappa shape index (κ2) is 12.3. The molecule has 0 N–H and O–H groups in total. The van der Waals surface area contributed by atoms with Crippen molar-refractivity contribution in [3.05, 3.63) is 58.7 Å². The number of fused-ring (bicyclic) bond motifs is 2. The van der Waals surface area contributed by atoms with Crippen molar-refractivity contribution in [3.63, 3.8) is 0 Å². The summed E-state index contributed by atoms with van der Waals surface area (Å²) >= 11 is 1.58. The summed E-state index contributed by atoms with van der Waals surface area (Å²) in [7, 11) is 0. The number of rotatable bonds is 10. The van der Waals surface area contributed by atoms with Gasteiger partial charge in [-0.3, -0.25) is 19.4 Å². The number of amides is 1. The number of piperazine rings is 1. The van der Waals surface area contributed by atoms with Crippen molar-refractivity contribution >= 4 is 44.7 Å². The maximum absolute atomic E-state index is 14.2. The topological polar surface area (TPSA) is 53.1 Å². The molecule has 0 atom stereocenters. The molecule has 40 heavy (non-hydrogen) atoms. The van der Waals surface area contributed by atoms with Crippen LogP contribution in [0, 0.1) is 11.2 Å². The van der Waals surface area contributed by atoms with Crippen LogP contribution in [0.1, 0.15) is 57.6 Å². The fourth-order valence-electron chi connectivity index (χ4n) is 5.70. The number of halogens is 1. The maximum Gasteiger partial charge on any atom is 0.313 e. The number of esters is 1. The van der Waals surface area contributed by atoms with Crippen LogP contribution in [-0.2, 0) is 27.2 Å². The number of unbranched alkanes of at least 4 members (excludes halogenated alkanes) is 1. The molecule has 8 heteroatoms. The van der Waals surface area contributed by atoms with E-state index < -0.39 is 5.41 Å². The Morgan fingerprint density at radius 1 is 1.05 bits per heavy atom. The molecule has 2 aromatic carbocycles. The Hall–Kier alpha value is -2.97. The zero-order valence-corrected chi connectivity index (χ0v) is 24.7. The predicted octanol–water partition coefficient (Wildman–Crippen LogP) is 6.40. The number of ether oxygens (including phenoxy) is 1. The van der Waals surface area contributed by atoms with Gasteiger partial charge in [-0.2, -0.15) is 0 Å². The van der Waals surface area contributed by atoms with Crippen molar-refractivity contribution < 1.29 is 18.7 Å². The number of nitrogens with zero attached hydrogens (tertiary/aromatic N) is 3. The molecule has 6 nitrogen and oxygen atoms in total. The van der Waals surface area contributed by atoms with Crippen LogP contribution in [0.25, 0.3) is 10.1 Å². The molecule has 2 aliphatic heterocycles. The fourth-order valence-corrected chi connectivity index (χ4v) is 6.53. The molecule has 0 bridgehead atoms. The van der Waals surface area contributed by atoms with E-state index in [4.69, 9.17) is 4.74 Å². The van der Waals surface area contributed by atoms with Crippen molar-refractivity contribution in [1.82, 2.24) is 4.90 Å². The van der Waals surface area contributed by atoms with Crippen molar-refractivity contribution in [1.29, 1.82) is 0 Å². The van der Waals surface area contributed by atoms with Gasteiger partial charge in [0, 0.05) is 54.9 Å². The highest BCUT2D eigenvalue weighted by Crippen LogP contribution is 2.33. The lowest BCUT2D eigenvalue weighted by molar-refractivity contribution is -0.154. The zero-order chi connectivity index (χ0) is 28.3. The van der Waals surface area contributed by atoms with Gasteiger partial charge >= 0.3 is 5.97 Å². The SMILES string of the molecule is CCCCC(C)(C)C(=O)OCN1C(=O)CCc2ccc(CCN3CCN(c4cc(F)cc5sccc45)CC3)cc21. The fraction of sp³-hybridized carbons (Fsp3) is 0.500. The predicted molar refractivity (Wildman–Crippen MR) is 161 cm³/mol. The molecule has 0 spiro atoms. The van der Waals surface area contributed by atoms with Gasteiger partial charge in [0.05, 0.1) is 11.1 Å². The first-order valence-corrected chi connectivity index (χ1v) is 15.4. The van der Waals surface area contributed by atoms with Crippen LogP contribution < -0.4 is 9.80 Å². The number of anilines is 2. The Balaban J connectivity index is 1.18. The lowest BCUT2D eigenvalue weighted by atomic mass is 9.87. The molecule has 2 aliphatic rings. The van der Waals surface area contributed by atoms with Crippen molar-refractivity contribution in [2.75, 3.05) is 49.3 Å². The Labute approximate surface area is 240 Å². The van der Waals surface area contributed by atoms with E-state index in [1.54, 1.807) is 28.4 Å². The highest BCUT2D eigenvalue weighted by Gasteiger charge is 2.31. The molecule has 3 aromatic rings. The first-order chi connectivity index (χ1) is 19.2. The summed E-state index contributed by atoms with van der Waals surface area (Å²) in [5, 5.41) is 3.15. The van der Waals surface area contributed by atoms with Gasteiger partial charge in [0.15, 0.2) is 6.73 Å². The van der Waals surface area contributed by atoms with Crippen molar-refractivity contribution in [2.45, 2.75) is 59.3 Å². The zero-order valence-electron chi connectivity index (χ0n) is 23.9. The molecule has 1 saturated heterocycles. The average molecular weight is 566 g/mol. The molecule has 1 aromatic heterocycles. The number of hydrogen-bond acceptors (Lipinski definition) is 6. The minimum atomic E-state index is -0.562. The normalized spacial score (nSPS) is 16.4. The number of aryl methyl sites for hydroxylation is 1. The van der Waals surface area contributed by atoms with E-state index in [1.165, 1.54) is 5.56 Å². The third kappa shape index (κ3) is 6.33. The number of thiophene rings is 1. The molecule has 0 unspecified atom stereocenters. The lowest BCUT2D eigenvalue weighted by Gasteiger charge is -2.36. The minimum Gasteiger partial charge on any atom is -0.443 e. The Bertz CT molecular complexity index is 1360. The first-order valence-electron chi connectivity index (χ1n) is 14.5. The van der Waals surface area contributed by atoms with Gasteiger partial charge in [0.25, 0.3) is 0 Å². The summed E-state index contributed by atoms with van der Waals surface area (Å²) in [6.45, 7) is 10.4. The van der Waals surface area contributed by atoms with Crippen LogP contribution in [0.3, 0.4) is 0 Å². The standard InChI is InChI=1S/C32H40FN3O3S/c1-4-5-12-32(2,3)31(38)39-22-36-27-19-23(6-7-24(27)8-9-30(36)37)10-13-34-14-16-35(17-15-34)28-20-25(33)21-29-26(28)11-18-40-29/h6-7,11,18-21H,4-5,8-10,12-17,22H2,1-3H3. The van der Waals surface area contributed by atoms with Gasteiger partial charge in [0.1, 0.15) is 5.82 Å². The lowest BCUT2D eigenvalue weighted by Crippen LogP contribution is -2.47. The van der Waals surface area contributed by atoms with Crippen LogP contribution in [0.4, 0.5) is 15.8 Å². The molecular formula is C32H40FN3O3S. The van der Waals surface area contributed by atoms with E-state index in [2.05, 4.69) is 41.0 Å². The Kier molecular flexibility index (Phi) is 8.76. The largest absolute Gasteiger partial charge is 0.443 e. The molecule has 1 fully saturated rings. The first kappa shape index (κ1) is 28.6. The van der Waals surface area contributed by atoms with E-state index >= 15 is 0 Å². The van der Waals surface area contributed by atoms with Crippen LogP contribution in [-0.4, -0.2) is 56.2 Å². The number of hydrogen-bond donors (Lipinski definition) is 0. The third-order valence-electron chi connectivity index (χ3n) is 8.33. The molecule has 5 rings (SSSR count). The molecule has 3 heterocycles. The van der Waals surface area contributed by atoms with Gasteiger partial charge in [-0.25, -0.2) is 4.39 Å². The van der Waals surface area contributed by atoms with Crippen LogP contribution in [0.2, 0.25) is 0 Å². The molecule has 214 valence electrons. The summed E-state index contributed by atoms with van der Waals surface area (Å²) in [5.41, 5.74) is 3.58. The van der Waals surface area contributed by atoms with Crippen molar-refractivity contribution in [2.24, 2.45) is 5.41 Å². The molecule has 0 saturated carbocycles. The second-order valence-corrected chi connectivity index (χ2v) is 12.6. The van der Waals surface area contributed by atoms with Gasteiger partial charge < -0.3 is 9.64 Å². The Morgan fingerprint density at radius 2 is 1.85 bits per heavy atom. The highest BCUT2D eigenvalue weighted by molar-refractivity contribution is 7.17. The summed E-state index contributed by atoms with van der Waals surface area (Å²) in [6, 6.07) is 11.7. The van der Waals surface area contributed by atoms with Crippen LogP contribution >= 0.6 is 11.3 Å². The monoisotopic (exact) mass is 565 g/mol. The quantitative estimate of drug-likeness (QED) is 0.266. The maximum atomic E-state index is 14.2. The molecule has 1 amide bonds. The summed E-state index contributed by atoms with van der Waals surface area (Å²) in [4.78, 5) is 32.0. The van der Waals surface area contributed by atoms with Gasteiger partial charge in [0.2, 0.25) is 5.91 Å². The summed E-state index contributed by atoms with van der Waals surface area (Å²) in [5.74, 6) is -0.437. The molecule has 0 radical (unpaired) electrons. The highest BCUT2D eigenvalue weighted by atomic mass is 32.1. The summed E-state index contributed by atoms with van der Waals surface area (Å²) < 4.78 is 20.9. The summed E-state index contributed by atoms with van der Waals surface area (Å²) in [6.07, 6.45) is 4.77. The third-order valence-corrected chi connectivity index (χ3v) is 9.19. The Morgan fingerprint density at radius 3 is 2.62 bits per heavy atom. The van der Waals surface area contributed by atoms with E-state index in [9.17, 15) is 14.0 Å². The number of carbonyl (C=O) groups excluding carboxylic acids is 2. The second-order valence-electron chi connectivity index (χ2n) is 11.7. The average Bonchev–Trinajstić information content (AvgIpc) is 3.42. The van der Waals surface area contributed by atoms with E-state index in [1.807, 2.05) is 19.2 Å². The van der Waals surface area contributed by atoms with Gasteiger partial charge in [-0.15, -0.1) is 11.3 Å². The van der Waals surface area contributed by atoms with Crippen LogP contribution in [0.5, 0.6) is 0 Å². The smallest absolute Gasteiger partial charge is 0.313 e. The number of benzene rings is 2. The van der Waals surface area contributed by atoms with E-state index in [0.717, 1.165) is 85.4 Å². The van der Waals surface area contributed by atoms with E-state index in [0.29, 0.717) is 12.8 Å². The number of carbonyl (C=O) groups is 2. The van der Waals surface area contributed by atoms with E-state index in [-0.39, 0.29) is 24.4 Å². The van der Waals surface area contributed by atoms with Gasteiger partial charge in [-0.1, -0.05) is 31.9 Å². The molecule has 0 aliphatic carbocycles. The van der Waals surface area contributed by atoms with Crippen LogP contribution in [0.15, 0.2) is 41.8 Å². The molecular weight excluding hydrogens is 525 g/mol. The minimum absolute atomic E-state index is 0.00276.